The van der Waals surface area contributed by atoms with E-state index in [1.54, 1.807) is 30.3 Å². The number of hydrogen-bond donors (Lipinski definition) is 2. The number of terminal acetylenes is 1. The molecular weight excluding hydrogens is 407 g/mol. The van der Waals surface area contributed by atoms with E-state index in [-0.39, 0.29) is 17.8 Å². The van der Waals surface area contributed by atoms with Gasteiger partial charge in [-0.2, -0.15) is 0 Å². The molecular formula is C26H29FN2O3. The molecule has 2 N–H and O–H groups in total. The summed E-state index contributed by atoms with van der Waals surface area (Å²) in [5.41, 5.74) is 2.83. The third-order valence-corrected chi connectivity index (χ3v) is 6.05. The van der Waals surface area contributed by atoms with Crippen molar-refractivity contribution in [1.29, 1.82) is 0 Å². The number of fused-ring (bicyclic) bond motifs is 1. The largest absolute Gasteiger partial charge is 0.506 e. The van der Waals surface area contributed by atoms with Gasteiger partial charge in [0.05, 0.1) is 11.7 Å². The molecule has 0 saturated heterocycles. The number of amides is 1. The molecule has 0 fully saturated rings. The summed E-state index contributed by atoms with van der Waals surface area (Å²) in [6.07, 6.45) is 7.48. The highest BCUT2D eigenvalue weighted by Gasteiger charge is 2.34. The monoisotopic (exact) mass is 436 g/mol. The van der Waals surface area contributed by atoms with Crippen molar-refractivity contribution in [3.63, 3.8) is 0 Å². The summed E-state index contributed by atoms with van der Waals surface area (Å²) in [4.78, 5) is 13.8. The Bertz CT molecular complexity index is 1080. The minimum atomic E-state index is -0.701. The van der Waals surface area contributed by atoms with E-state index in [0.717, 1.165) is 17.7 Å². The standard InChI is InChI=1S/C26H29FN2O3/c1-6-13-32-18-11-12-19(20(27)14-18)25-17(3)21(15-26(4,5)7-2)28-24-22(29(25)16-30)9-8-10-23(24)31/h1,8-12,14,16,25,28,31H,7,13,15H2,2-5H3/t25-/m1/s1. The molecule has 0 aromatic heterocycles. The fourth-order valence-electron chi connectivity index (χ4n) is 3.87. The van der Waals surface area contributed by atoms with Crippen LogP contribution < -0.4 is 15.0 Å². The van der Waals surface area contributed by atoms with E-state index >= 15 is 4.39 Å². The summed E-state index contributed by atoms with van der Waals surface area (Å²) in [7, 11) is 0. The van der Waals surface area contributed by atoms with Crippen molar-refractivity contribution in [2.75, 3.05) is 16.8 Å². The van der Waals surface area contributed by atoms with Gasteiger partial charge in [0, 0.05) is 17.3 Å². The van der Waals surface area contributed by atoms with Gasteiger partial charge in [-0.3, -0.25) is 4.79 Å². The van der Waals surface area contributed by atoms with Crippen LogP contribution in [0.2, 0.25) is 0 Å². The van der Waals surface area contributed by atoms with Crippen molar-refractivity contribution in [2.45, 2.75) is 46.6 Å². The highest BCUT2D eigenvalue weighted by Crippen LogP contribution is 2.46. The van der Waals surface area contributed by atoms with Crippen molar-refractivity contribution < 1.29 is 19.0 Å². The maximum atomic E-state index is 15.3. The number of para-hydroxylation sites is 1. The van der Waals surface area contributed by atoms with Gasteiger partial charge in [0.2, 0.25) is 6.41 Å². The lowest BCUT2D eigenvalue weighted by Gasteiger charge is -2.30. The zero-order valence-corrected chi connectivity index (χ0v) is 18.9. The minimum absolute atomic E-state index is 0.0214. The third kappa shape index (κ3) is 4.57. The number of phenolic OH excluding ortho intramolecular Hbond substituents is 1. The van der Waals surface area contributed by atoms with Crippen LogP contribution in [0.1, 0.15) is 52.1 Å². The van der Waals surface area contributed by atoms with Crippen molar-refractivity contribution in [2.24, 2.45) is 5.41 Å². The molecule has 0 bridgehead atoms. The molecule has 5 nitrogen and oxygen atoms in total. The second kappa shape index (κ2) is 9.35. The van der Waals surface area contributed by atoms with E-state index < -0.39 is 11.9 Å². The predicted octanol–water partition coefficient (Wildman–Crippen LogP) is 5.77. The average molecular weight is 437 g/mol. The molecule has 1 atom stereocenters. The highest BCUT2D eigenvalue weighted by molar-refractivity contribution is 5.90. The van der Waals surface area contributed by atoms with Crippen LogP contribution in [0.15, 0.2) is 47.7 Å². The Labute approximate surface area is 188 Å². The van der Waals surface area contributed by atoms with Gasteiger partial charge < -0.3 is 20.1 Å². The fourth-order valence-corrected chi connectivity index (χ4v) is 3.87. The Morgan fingerprint density at radius 2 is 2.09 bits per heavy atom. The smallest absolute Gasteiger partial charge is 0.215 e. The van der Waals surface area contributed by atoms with Gasteiger partial charge in [-0.25, -0.2) is 4.39 Å². The van der Waals surface area contributed by atoms with E-state index in [1.807, 2.05) is 6.92 Å². The van der Waals surface area contributed by atoms with E-state index in [1.165, 1.54) is 11.0 Å². The van der Waals surface area contributed by atoms with Gasteiger partial charge in [0.25, 0.3) is 0 Å². The molecule has 0 spiro atoms. The number of nitrogens with one attached hydrogen (secondary N) is 1. The molecule has 168 valence electrons. The van der Waals surface area contributed by atoms with Crippen LogP contribution in [0.3, 0.4) is 0 Å². The molecule has 1 aliphatic rings. The van der Waals surface area contributed by atoms with Crippen LogP contribution in [-0.4, -0.2) is 18.1 Å². The van der Waals surface area contributed by atoms with E-state index in [9.17, 15) is 9.90 Å². The Balaban J connectivity index is 2.21. The summed E-state index contributed by atoms with van der Waals surface area (Å²) in [6, 6.07) is 8.78. The number of halogens is 1. The van der Waals surface area contributed by atoms with Crippen LogP contribution in [-0.2, 0) is 4.79 Å². The predicted molar refractivity (Wildman–Crippen MR) is 125 cm³/mol. The van der Waals surface area contributed by atoms with Crippen molar-refractivity contribution in [1.82, 2.24) is 0 Å². The first-order valence-electron chi connectivity index (χ1n) is 10.6. The van der Waals surface area contributed by atoms with Gasteiger partial charge in [-0.15, -0.1) is 6.42 Å². The summed E-state index contributed by atoms with van der Waals surface area (Å²) in [5.74, 6) is 2.19. The molecule has 0 saturated carbocycles. The molecule has 0 unspecified atom stereocenters. The lowest BCUT2D eigenvalue weighted by Crippen LogP contribution is -2.29. The zero-order chi connectivity index (χ0) is 23.5. The molecule has 32 heavy (non-hydrogen) atoms. The molecule has 2 aromatic rings. The van der Waals surface area contributed by atoms with Crippen LogP contribution in [0.25, 0.3) is 0 Å². The van der Waals surface area contributed by atoms with Crippen LogP contribution >= 0.6 is 0 Å². The van der Waals surface area contributed by atoms with Crippen molar-refractivity contribution in [3.05, 3.63) is 59.0 Å². The molecule has 0 radical (unpaired) electrons. The van der Waals surface area contributed by atoms with Gasteiger partial charge in [-0.1, -0.05) is 39.2 Å². The number of ether oxygens (including phenoxy) is 1. The first-order valence-corrected chi connectivity index (χ1v) is 10.6. The second-order valence-electron chi connectivity index (χ2n) is 8.74. The fraction of sp³-hybridized carbons (Fsp3) is 0.346. The number of nitrogens with zero attached hydrogens (tertiary/aromatic N) is 1. The lowest BCUT2D eigenvalue weighted by atomic mass is 9.83. The molecule has 0 aliphatic carbocycles. The molecule has 1 aliphatic heterocycles. The summed E-state index contributed by atoms with van der Waals surface area (Å²) in [6.45, 7) is 8.34. The van der Waals surface area contributed by atoms with Crippen molar-refractivity contribution >= 4 is 17.8 Å². The molecule has 1 heterocycles. The number of carbonyl (C=O) groups is 1. The summed E-state index contributed by atoms with van der Waals surface area (Å²) in [5, 5.41) is 13.9. The Kier molecular flexibility index (Phi) is 6.78. The lowest BCUT2D eigenvalue weighted by molar-refractivity contribution is -0.107. The number of benzene rings is 2. The third-order valence-electron chi connectivity index (χ3n) is 6.05. The van der Waals surface area contributed by atoms with Crippen LogP contribution in [0, 0.1) is 23.6 Å². The van der Waals surface area contributed by atoms with Gasteiger partial charge in [-0.05, 0) is 48.6 Å². The Hall–Kier alpha value is -3.46. The maximum Gasteiger partial charge on any atom is 0.215 e. The zero-order valence-electron chi connectivity index (χ0n) is 18.9. The van der Waals surface area contributed by atoms with Crippen molar-refractivity contribution in [3.8, 4) is 23.8 Å². The highest BCUT2D eigenvalue weighted by atomic mass is 19.1. The number of allylic oxidation sites excluding steroid dienone is 1. The molecule has 2 aromatic carbocycles. The number of anilines is 2. The SMILES string of the molecule is C#CCOc1ccc([C@H]2C(C)=C(CC(C)(C)CC)Nc3c(O)cccc3N2C=O)c(F)c1. The normalized spacial score (nSPS) is 16.0. The number of hydrogen-bond acceptors (Lipinski definition) is 4. The van der Waals surface area contributed by atoms with Gasteiger partial charge >= 0.3 is 0 Å². The topological polar surface area (TPSA) is 61.8 Å². The number of carbonyl (C=O) groups excluding carboxylic acids is 1. The first-order chi connectivity index (χ1) is 15.2. The number of rotatable bonds is 7. The van der Waals surface area contributed by atoms with E-state index in [0.29, 0.717) is 35.5 Å². The molecule has 3 rings (SSSR count). The number of phenols is 1. The van der Waals surface area contributed by atoms with E-state index in [2.05, 4.69) is 32.0 Å². The van der Waals surface area contributed by atoms with Gasteiger partial charge in [0.15, 0.2) is 0 Å². The Morgan fingerprint density at radius 1 is 1.34 bits per heavy atom. The summed E-state index contributed by atoms with van der Waals surface area (Å²) >= 11 is 0. The summed E-state index contributed by atoms with van der Waals surface area (Å²) < 4.78 is 20.6. The average Bonchev–Trinajstić information content (AvgIpc) is 2.87. The number of aromatic hydroxyl groups is 1. The Morgan fingerprint density at radius 3 is 2.72 bits per heavy atom. The van der Waals surface area contributed by atoms with E-state index in [4.69, 9.17) is 11.2 Å². The maximum absolute atomic E-state index is 15.3. The molecule has 1 amide bonds. The van der Waals surface area contributed by atoms with Crippen LogP contribution in [0.4, 0.5) is 15.8 Å². The second-order valence-corrected chi connectivity index (χ2v) is 8.74. The quantitative estimate of drug-likeness (QED) is 0.328. The minimum Gasteiger partial charge on any atom is -0.506 e. The molecule has 6 heteroatoms. The van der Waals surface area contributed by atoms with Gasteiger partial charge in [0.1, 0.15) is 29.6 Å². The van der Waals surface area contributed by atoms with Crippen LogP contribution in [0.5, 0.6) is 11.5 Å². The first kappa shape index (κ1) is 23.2.